The molecule has 2 rings (SSSR count). The molecule has 2 N–H and O–H groups in total. The van der Waals surface area contributed by atoms with Gasteiger partial charge in [-0.25, -0.2) is 8.42 Å². The molecule has 1 unspecified atom stereocenters. The Balaban J connectivity index is 0.00000420. The first-order valence-electron chi connectivity index (χ1n) is 10.0. The summed E-state index contributed by atoms with van der Waals surface area (Å²) < 4.78 is 61.4. The van der Waals surface area contributed by atoms with Gasteiger partial charge in [0.1, 0.15) is 0 Å². The van der Waals surface area contributed by atoms with Crippen LogP contribution in [0, 0.1) is 5.92 Å². The van der Waals surface area contributed by atoms with E-state index in [1.807, 2.05) is 6.92 Å². The number of likely N-dealkylation sites (N-methyl/N-ethyl adjacent to an activating group) is 1. The van der Waals surface area contributed by atoms with E-state index in [2.05, 4.69) is 27.4 Å². The molecule has 0 aromatic heterocycles. The van der Waals surface area contributed by atoms with Gasteiger partial charge in [-0.1, -0.05) is 6.92 Å². The first-order chi connectivity index (χ1) is 13.2. The summed E-state index contributed by atoms with van der Waals surface area (Å²) >= 11 is 0. The number of alkyl halides is 3. The van der Waals surface area contributed by atoms with Crippen LogP contribution in [0.15, 0.2) is 4.99 Å². The van der Waals surface area contributed by atoms with E-state index in [0.717, 1.165) is 32.6 Å². The number of sulfonamides is 1. The fourth-order valence-electron chi connectivity index (χ4n) is 3.80. The smallest absolute Gasteiger partial charge is 0.357 e. The van der Waals surface area contributed by atoms with Crippen molar-refractivity contribution >= 4 is 40.0 Å². The number of nitrogens with one attached hydrogen (secondary N) is 2. The normalized spacial score (nSPS) is 23.1. The van der Waals surface area contributed by atoms with Crippen molar-refractivity contribution in [3.8, 4) is 0 Å². The first kappa shape index (κ1) is 26.7. The van der Waals surface area contributed by atoms with E-state index < -0.39 is 15.5 Å². The summed E-state index contributed by atoms with van der Waals surface area (Å²) in [4.78, 5) is 7.01. The molecular weight excluding hydrogens is 522 g/mol. The predicted molar refractivity (Wildman–Crippen MR) is 119 cm³/mol. The monoisotopic (exact) mass is 555 g/mol. The van der Waals surface area contributed by atoms with Gasteiger partial charge in [-0.05, 0) is 51.6 Å². The lowest BCUT2D eigenvalue weighted by Gasteiger charge is -2.31. The fraction of sp³-hybridized carbons (Fsp3) is 0.941. The van der Waals surface area contributed by atoms with Gasteiger partial charge in [-0.15, -0.1) is 24.0 Å². The zero-order chi connectivity index (χ0) is 20.8. The second-order valence-corrected chi connectivity index (χ2v) is 9.25. The van der Waals surface area contributed by atoms with E-state index in [4.69, 9.17) is 0 Å². The molecule has 2 heterocycles. The largest absolute Gasteiger partial charge is 0.511 e. The van der Waals surface area contributed by atoms with E-state index in [1.54, 1.807) is 0 Å². The number of aliphatic imine (C=N–C) groups is 1. The van der Waals surface area contributed by atoms with E-state index >= 15 is 0 Å². The third-order valence-electron chi connectivity index (χ3n) is 5.47. The fourth-order valence-corrected chi connectivity index (χ4v) is 4.78. The summed E-state index contributed by atoms with van der Waals surface area (Å²) in [5.74, 6) is 0.782. The van der Waals surface area contributed by atoms with Crippen molar-refractivity contribution in [1.82, 2.24) is 19.8 Å². The van der Waals surface area contributed by atoms with Gasteiger partial charge >= 0.3 is 15.5 Å². The van der Waals surface area contributed by atoms with E-state index in [-0.39, 0.29) is 43.0 Å². The molecule has 0 saturated carbocycles. The van der Waals surface area contributed by atoms with Crippen LogP contribution >= 0.6 is 24.0 Å². The van der Waals surface area contributed by atoms with Crippen LogP contribution < -0.4 is 10.6 Å². The molecule has 2 saturated heterocycles. The Hall–Kier alpha value is -0.340. The maximum atomic E-state index is 12.6. The third kappa shape index (κ3) is 7.39. The number of guanidine groups is 1. The molecule has 172 valence electrons. The Bertz CT molecular complexity index is 625. The summed E-state index contributed by atoms with van der Waals surface area (Å²) in [5.41, 5.74) is -5.23. The van der Waals surface area contributed by atoms with Crippen LogP contribution in [0.5, 0.6) is 0 Å². The summed E-state index contributed by atoms with van der Waals surface area (Å²) in [6, 6.07) is 0.490. The van der Waals surface area contributed by atoms with Crippen molar-refractivity contribution in [3.63, 3.8) is 0 Å². The van der Waals surface area contributed by atoms with Crippen molar-refractivity contribution < 1.29 is 21.6 Å². The molecule has 12 heteroatoms. The number of hydrogen-bond donors (Lipinski definition) is 2. The molecule has 2 fully saturated rings. The summed E-state index contributed by atoms with van der Waals surface area (Å²) in [7, 11) is -5.22. The molecule has 0 amide bonds. The zero-order valence-corrected chi connectivity index (χ0v) is 20.2. The van der Waals surface area contributed by atoms with E-state index in [1.165, 1.54) is 6.42 Å². The molecule has 0 aliphatic carbocycles. The summed E-state index contributed by atoms with van der Waals surface area (Å²) in [5, 5.41) is 6.56. The van der Waals surface area contributed by atoms with Gasteiger partial charge in [0, 0.05) is 38.8 Å². The van der Waals surface area contributed by atoms with Crippen molar-refractivity contribution in [2.45, 2.75) is 51.1 Å². The second-order valence-electron chi connectivity index (χ2n) is 7.32. The number of hydrogen-bond acceptors (Lipinski definition) is 4. The molecule has 0 aromatic carbocycles. The minimum Gasteiger partial charge on any atom is -0.357 e. The maximum Gasteiger partial charge on any atom is 0.511 e. The number of piperidine rings is 1. The van der Waals surface area contributed by atoms with Gasteiger partial charge in [-0.3, -0.25) is 9.89 Å². The Labute approximate surface area is 188 Å². The summed E-state index contributed by atoms with van der Waals surface area (Å²) in [6.45, 7) is 8.05. The predicted octanol–water partition coefficient (Wildman–Crippen LogP) is 2.21. The molecule has 0 bridgehead atoms. The molecule has 1 atom stereocenters. The van der Waals surface area contributed by atoms with Crippen molar-refractivity contribution in [2.75, 3.05) is 45.8 Å². The van der Waals surface area contributed by atoms with Gasteiger partial charge in [-0.2, -0.15) is 17.5 Å². The molecule has 2 aliphatic heterocycles. The maximum absolute atomic E-state index is 12.6. The lowest BCUT2D eigenvalue weighted by Crippen LogP contribution is -2.46. The Kier molecular flexibility index (Phi) is 10.9. The minimum atomic E-state index is -5.23. The highest BCUT2D eigenvalue weighted by Crippen LogP contribution is 2.30. The van der Waals surface area contributed by atoms with Crippen LogP contribution in [-0.4, -0.2) is 80.9 Å². The Morgan fingerprint density at radius 1 is 1.10 bits per heavy atom. The van der Waals surface area contributed by atoms with Crippen LogP contribution in [0.25, 0.3) is 0 Å². The van der Waals surface area contributed by atoms with Crippen molar-refractivity contribution in [2.24, 2.45) is 10.9 Å². The van der Waals surface area contributed by atoms with Gasteiger partial charge in [0.25, 0.3) is 0 Å². The average Bonchev–Trinajstić information content (AvgIpc) is 3.11. The first-order valence-corrected chi connectivity index (χ1v) is 11.5. The van der Waals surface area contributed by atoms with Crippen LogP contribution in [0.3, 0.4) is 0 Å². The van der Waals surface area contributed by atoms with Crippen LogP contribution in [0.1, 0.15) is 39.5 Å². The SMILES string of the molecule is CCNC(=NCC1CCN(S(=O)(=O)C(F)(F)F)CC1)NCC1CCCN1CC.I. The average molecular weight is 555 g/mol. The Morgan fingerprint density at radius 3 is 2.31 bits per heavy atom. The minimum absolute atomic E-state index is 0. The number of likely N-dealkylation sites (tertiary alicyclic amines) is 1. The molecule has 2 aliphatic rings. The van der Waals surface area contributed by atoms with Crippen LogP contribution in [0.4, 0.5) is 13.2 Å². The van der Waals surface area contributed by atoms with Gasteiger partial charge in [0.2, 0.25) is 0 Å². The lowest BCUT2D eigenvalue weighted by atomic mass is 9.98. The highest BCUT2D eigenvalue weighted by atomic mass is 127. The van der Waals surface area contributed by atoms with E-state index in [0.29, 0.717) is 35.7 Å². The zero-order valence-electron chi connectivity index (χ0n) is 17.0. The van der Waals surface area contributed by atoms with Gasteiger partial charge < -0.3 is 10.6 Å². The molecule has 7 nitrogen and oxygen atoms in total. The molecular formula is C17H33F3IN5O2S. The number of rotatable bonds is 7. The van der Waals surface area contributed by atoms with Crippen LogP contribution in [-0.2, 0) is 10.0 Å². The number of nitrogens with zero attached hydrogens (tertiary/aromatic N) is 3. The van der Waals surface area contributed by atoms with E-state index in [9.17, 15) is 21.6 Å². The highest BCUT2D eigenvalue weighted by Gasteiger charge is 2.50. The molecule has 0 spiro atoms. The van der Waals surface area contributed by atoms with Gasteiger partial charge in [0.05, 0.1) is 0 Å². The van der Waals surface area contributed by atoms with Gasteiger partial charge in [0.15, 0.2) is 5.96 Å². The Morgan fingerprint density at radius 2 is 1.76 bits per heavy atom. The summed E-state index contributed by atoms with van der Waals surface area (Å²) in [6.07, 6.45) is 3.12. The highest BCUT2D eigenvalue weighted by molar-refractivity contribution is 14.0. The lowest BCUT2D eigenvalue weighted by molar-refractivity contribution is -0.0496. The molecule has 0 aromatic rings. The van der Waals surface area contributed by atoms with Crippen molar-refractivity contribution in [3.05, 3.63) is 0 Å². The van der Waals surface area contributed by atoms with Crippen molar-refractivity contribution in [1.29, 1.82) is 0 Å². The quantitative estimate of drug-likeness (QED) is 0.286. The number of halogens is 4. The molecule has 29 heavy (non-hydrogen) atoms. The topological polar surface area (TPSA) is 77.0 Å². The molecule has 0 radical (unpaired) electrons. The standard InChI is InChI=1S/C17H32F3N5O2S.HI/c1-3-21-16(23-13-15-6-5-9-24(15)4-2)22-12-14-7-10-25(11-8-14)28(26,27)17(18,19)20;/h14-15H,3-13H2,1-2H3,(H2,21,22,23);1H. The third-order valence-corrected chi connectivity index (χ3v) is 7.10. The second kappa shape index (κ2) is 11.9. The van der Waals surface area contributed by atoms with Crippen LogP contribution in [0.2, 0.25) is 0 Å².